The van der Waals surface area contributed by atoms with Gasteiger partial charge in [-0.15, -0.1) is 11.3 Å². The highest BCUT2D eigenvalue weighted by Gasteiger charge is 2.23. The summed E-state index contributed by atoms with van der Waals surface area (Å²) in [6.07, 6.45) is 5.48. The first kappa shape index (κ1) is 16.8. The molecule has 7 nitrogen and oxygen atoms in total. The monoisotopic (exact) mass is 373 g/mol. The molecule has 3 heterocycles. The highest BCUT2D eigenvalue weighted by Crippen LogP contribution is 2.33. The van der Waals surface area contributed by atoms with Crippen LogP contribution in [0.25, 0.3) is 10.2 Å². The number of carbonyl (C=O) groups is 1. The number of fused-ring (bicyclic) bond motifs is 3. The number of hydrogen-bond donors (Lipinski definition) is 1. The van der Waals surface area contributed by atoms with E-state index < -0.39 is 11.6 Å². The standard InChI is InChI=1S/C18H19N3O4S/c1-20-17-15(12-6-2-3-7-13(12)26-17)16(23)21(18(20)24)10-14(22)19-9-11-5-4-8-25-11/h4-5,8H,2-3,6-7,9-10H2,1H3,(H,19,22). The van der Waals surface area contributed by atoms with E-state index in [9.17, 15) is 14.4 Å². The minimum Gasteiger partial charge on any atom is -0.467 e. The van der Waals surface area contributed by atoms with Crippen LogP contribution in [0.3, 0.4) is 0 Å². The zero-order valence-corrected chi connectivity index (χ0v) is 15.2. The molecule has 0 aliphatic heterocycles. The summed E-state index contributed by atoms with van der Waals surface area (Å²) < 4.78 is 7.68. The van der Waals surface area contributed by atoms with Crippen LogP contribution in [-0.4, -0.2) is 15.0 Å². The smallest absolute Gasteiger partial charge is 0.332 e. The molecule has 1 aliphatic rings. The molecular weight excluding hydrogens is 354 g/mol. The van der Waals surface area contributed by atoms with Gasteiger partial charge >= 0.3 is 5.69 Å². The van der Waals surface area contributed by atoms with Crippen LogP contribution in [0, 0.1) is 0 Å². The third-order valence-corrected chi connectivity index (χ3v) is 6.14. The van der Waals surface area contributed by atoms with Crippen LogP contribution < -0.4 is 16.6 Å². The number of aromatic nitrogens is 2. The highest BCUT2D eigenvalue weighted by atomic mass is 32.1. The Hall–Kier alpha value is -2.61. The van der Waals surface area contributed by atoms with E-state index in [0.29, 0.717) is 16.0 Å². The molecular formula is C18H19N3O4S. The Morgan fingerprint density at radius 1 is 1.31 bits per heavy atom. The van der Waals surface area contributed by atoms with Gasteiger partial charge in [-0.1, -0.05) is 0 Å². The first-order chi connectivity index (χ1) is 12.6. The second-order valence-electron chi connectivity index (χ2n) is 6.48. The molecule has 0 aromatic carbocycles. The van der Waals surface area contributed by atoms with Gasteiger partial charge in [-0.3, -0.25) is 18.7 Å². The average Bonchev–Trinajstić information content (AvgIpc) is 3.29. The third kappa shape index (κ3) is 2.80. The number of hydrogen-bond acceptors (Lipinski definition) is 5. The Labute approximate surface area is 152 Å². The van der Waals surface area contributed by atoms with E-state index >= 15 is 0 Å². The largest absolute Gasteiger partial charge is 0.467 e. The number of rotatable bonds is 4. The van der Waals surface area contributed by atoms with E-state index in [1.54, 1.807) is 19.2 Å². The van der Waals surface area contributed by atoms with Crippen molar-refractivity contribution < 1.29 is 9.21 Å². The summed E-state index contributed by atoms with van der Waals surface area (Å²) in [6, 6.07) is 3.48. The summed E-state index contributed by atoms with van der Waals surface area (Å²) in [5.41, 5.74) is 0.228. The molecule has 4 rings (SSSR count). The van der Waals surface area contributed by atoms with Crippen molar-refractivity contribution in [2.45, 2.75) is 38.8 Å². The fourth-order valence-corrected chi connectivity index (χ4v) is 4.77. The summed E-state index contributed by atoms with van der Waals surface area (Å²) in [5.74, 6) is 0.213. The zero-order valence-electron chi connectivity index (χ0n) is 14.4. The number of aryl methyl sites for hydroxylation is 3. The molecule has 136 valence electrons. The van der Waals surface area contributed by atoms with Gasteiger partial charge in [-0.2, -0.15) is 0 Å². The van der Waals surface area contributed by atoms with Crippen LogP contribution in [0.4, 0.5) is 0 Å². The van der Waals surface area contributed by atoms with Crippen molar-refractivity contribution >= 4 is 27.5 Å². The Kier molecular flexibility index (Phi) is 4.28. The molecule has 3 aromatic heterocycles. The molecule has 8 heteroatoms. The number of furan rings is 1. The van der Waals surface area contributed by atoms with Gasteiger partial charge < -0.3 is 9.73 Å². The Morgan fingerprint density at radius 3 is 2.88 bits per heavy atom. The lowest BCUT2D eigenvalue weighted by atomic mass is 9.97. The van der Waals surface area contributed by atoms with Crippen molar-refractivity contribution in [1.29, 1.82) is 0 Å². The number of amides is 1. The lowest BCUT2D eigenvalue weighted by Crippen LogP contribution is -2.43. The molecule has 0 saturated heterocycles. The molecule has 1 amide bonds. The molecule has 1 N–H and O–H groups in total. The molecule has 1 aliphatic carbocycles. The van der Waals surface area contributed by atoms with Crippen LogP contribution in [0.5, 0.6) is 0 Å². The molecule has 0 fully saturated rings. The van der Waals surface area contributed by atoms with Crippen LogP contribution in [0.15, 0.2) is 32.4 Å². The summed E-state index contributed by atoms with van der Waals surface area (Å²) in [7, 11) is 1.66. The van der Waals surface area contributed by atoms with Crippen molar-refractivity contribution in [2.75, 3.05) is 0 Å². The van der Waals surface area contributed by atoms with Gasteiger partial charge in [0.1, 0.15) is 17.1 Å². The van der Waals surface area contributed by atoms with Crippen molar-refractivity contribution in [3.05, 3.63) is 55.4 Å². The fraction of sp³-hybridized carbons (Fsp3) is 0.389. The van der Waals surface area contributed by atoms with E-state index in [4.69, 9.17) is 4.42 Å². The van der Waals surface area contributed by atoms with E-state index in [1.165, 1.54) is 27.0 Å². The van der Waals surface area contributed by atoms with Crippen molar-refractivity contribution in [3.8, 4) is 0 Å². The number of thiophene rings is 1. The highest BCUT2D eigenvalue weighted by molar-refractivity contribution is 7.18. The third-order valence-electron chi connectivity index (χ3n) is 4.78. The summed E-state index contributed by atoms with van der Waals surface area (Å²) >= 11 is 1.53. The predicted octanol–water partition coefficient (Wildman–Crippen LogP) is 1.55. The second-order valence-corrected chi connectivity index (χ2v) is 7.56. The van der Waals surface area contributed by atoms with Crippen LogP contribution in [-0.2, 0) is 37.8 Å². The van der Waals surface area contributed by atoms with E-state index in [0.717, 1.165) is 35.8 Å². The van der Waals surface area contributed by atoms with Crippen molar-refractivity contribution in [2.24, 2.45) is 7.05 Å². The Bertz CT molecular complexity index is 1090. The average molecular weight is 373 g/mol. The zero-order chi connectivity index (χ0) is 18.3. The van der Waals surface area contributed by atoms with Crippen LogP contribution in [0.1, 0.15) is 29.0 Å². The van der Waals surface area contributed by atoms with Gasteiger partial charge in [0.15, 0.2) is 0 Å². The number of carbonyl (C=O) groups excluding carboxylic acids is 1. The summed E-state index contributed by atoms with van der Waals surface area (Å²) in [6.45, 7) is -0.0796. The van der Waals surface area contributed by atoms with Crippen LogP contribution in [0.2, 0.25) is 0 Å². The van der Waals surface area contributed by atoms with Gasteiger partial charge in [0.2, 0.25) is 5.91 Å². The molecule has 0 saturated carbocycles. The first-order valence-corrected chi connectivity index (χ1v) is 9.41. The molecule has 0 radical (unpaired) electrons. The van der Waals surface area contributed by atoms with Crippen LogP contribution >= 0.6 is 11.3 Å². The van der Waals surface area contributed by atoms with Crippen molar-refractivity contribution in [3.63, 3.8) is 0 Å². The summed E-state index contributed by atoms with van der Waals surface area (Å²) in [4.78, 5) is 39.7. The molecule has 26 heavy (non-hydrogen) atoms. The predicted molar refractivity (Wildman–Crippen MR) is 98.5 cm³/mol. The van der Waals surface area contributed by atoms with E-state index in [1.807, 2.05) is 0 Å². The maximum absolute atomic E-state index is 13.0. The van der Waals surface area contributed by atoms with Gasteiger partial charge in [-0.05, 0) is 43.4 Å². The topological polar surface area (TPSA) is 86.2 Å². The fourth-order valence-electron chi connectivity index (χ4n) is 3.44. The quantitative estimate of drug-likeness (QED) is 0.752. The Balaban J connectivity index is 1.69. The lowest BCUT2D eigenvalue weighted by Gasteiger charge is -2.11. The maximum Gasteiger partial charge on any atom is 0.332 e. The number of nitrogens with one attached hydrogen (secondary N) is 1. The van der Waals surface area contributed by atoms with E-state index in [-0.39, 0.29) is 18.6 Å². The minimum atomic E-state index is -0.464. The molecule has 3 aromatic rings. The molecule has 0 unspecified atom stereocenters. The molecule has 0 bridgehead atoms. The summed E-state index contributed by atoms with van der Waals surface area (Å²) in [5, 5.41) is 3.28. The maximum atomic E-state index is 13.0. The lowest BCUT2D eigenvalue weighted by molar-refractivity contribution is -0.122. The Morgan fingerprint density at radius 2 is 2.12 bits per heavy atom. The SMILES string of the molecule is Cn1c(=O)n(CC(=O)NCc2ccco2)c(=O)c2c3c(sc21)CCCC3. The molecule has 0 spiro atoms. The first-order valence-electron chi connectivity index (χ1n) is 8.59. The van der Waals surface area contributed by atoms with Gasteiger partial charge in [0.05, 0.1) is 18.2 Å². The normalized spacial score (nSPS) is 13.7. The molecule has 0 atom stereocenters. The van der Waals surface area contributed by atoms with Gasteiger partial charge in [0, 0.05) is 11.9 Å². The second kappa shape index (κ2) is 6.60. The minimum absolute atomic E-state index is 0.219. The van der Waals surface area contributed by atoms with E-state index in [2.05, 4.69) is 5.32 Å². The number of nitrogens with zero attached hydrogens (tertiary/aromatic N) is 2. The van der Waals surface area contributed by atoms with Gasteiger partial charge in [0.25, 0.3) is 5.56 Å². The van der Waals surface area contributed by atoms with Crippen molar-refractivity contribution in [1.82, 2.24) is 14.5 Å². The van der Waals surface area contributed by atoms with Gasteiger partial charge in [-0.25, -0.2) is 4.79 Å².